The summed E-state index contributed by atoms with van der Waals surface area (Å²) >= 11 is 0. The summed E-state index contributed by atoms with van der Waals surface area (Å²) < 4.78 is 11.1. The minimum atomic E-state index is 0.677. The third-order valence-corrected chi connectivity index (χ3v) is 2.39. The van der Waals surface area contributed by atoms with Crippen LogP contribution in [-0.2, 0) is 6.54 Å². The highest BCUT2D eigenvalue weighted by molar-refractivity contribution is 5.40. The molecule has 0 saturated heterocycles. The molecule has 0 amide bonds. The lowest BCUT2D eigenvalue weighted by Crippen LogP contribution is -2.14. The second kappa shape index (κ2) is 7.96. The third kappa shape index (κ3) is 4.65. The normalized spacial score (nSPS) is 10.3. The molecular formula is C14H23NO2. The topological polar surface area (TPSA) is 30.5 Å². The first-order valence-corrected chi connectivity index (χ1v) is 6.41. The van der Waals surface area contributed by atoms with E-state index in [1.807, 2.05) is 26.0 Å². The predicted molar refractivity (Wildman–Crippen MR) is 70.8 cm³/mol. The molecule has 3 nitrogen and oxygen atoms in total. The Labute approximate surface area is 104 Å². The summed E-state index contributed by atoms with van der Waals surface area (Å²) in [5.41, 5.74) is 1.18. The Morgan fingerprint density at radius 1 is 1.06 bits per heavy atom. The zero-order chi connectivity index (χ0) is 12.5. The molecule has 0 spiro atoms. The van der Waals surface area contributed by atoms with Crippen molar-refractivity contribution in [1.29, 1.82) is 0 Å². The van der Waals surface area contributed by atoms with Gasteiger partial charge in [0.25, 0.3) is 0 Å². The van der Waals surface area contributed by atoms with E-state index in [0.717, 1.165) is 31.0 Å². The van der Waals surface area contributed by atoms with Crippen molar-refractivity contribution in [2.45, 2.75) is 33.7 Å². The van der Waals surface area contributed by atoms with E-state index in [1.165, 1.54) is 5.56 Å². The fourth-order valence-corrected chi connectivity index (χ4v) is 1.63. The van der Waals surface area contributed by atoms with Crippen LogP contribution in [0.4, 0.5) is 0 Å². The summed E-state index contributed by atoms with van der Waals surface area (Å²) in [5, 5.41) is 3.38. The molecular weight excluding hydrogens is 214 g/mol. The molecule has 0 radical (unpaired) electrons. The Hall–Kier alpha value is -1.22. The summed E-state index contributed by atoms with van der Waals surface area (Å²) in [6, 6.07) is 6.03. The Morgan fingerprint density at radius 2 is 1.82 bits per heavy atom. The van der Waals surface area contributed by atoms with Crippen LogP contribution in [0.2, 0.25) is 0 Å². The minimum absolute atomic E-state index is 0.677. The maximum atomic E-state index is 5.63. The Kier molecular flexibility index (Phi) is 6.48. The Balaban J connectivity index is 2.72. The van der Waals surface area contributed by atoms with E-state index in [-0.39, 0.29) is 0 Å². The van der Waals surface area contributed by atoms with E-state index >= 15 is 0 Å². The average molecular weight is 237 g/mol. The SMILES string of the molecule is CCCNCc1ccc(OCC)cc1OCC. The summed E-state index contributed by atoms with van der Waals surface area (Å²) in [6.45, 7) is 9.37. The maximum absolute atomic E-state index is 5.63. The van der Waals surface area contributed by atoms with Crippen LogP contribution < -0.4 is 14.8 Å². The second-order valence-electron chi connectivity index (χ2n) is 3.81. The van der Waals surface area contributed by atoms with Crippen LogP contribution in [0.1, 0.15) is 32.8 Å². The summed E-state index contributed by atoms with van der Waals surface area (Å²) in [5.74, 6) is 1.79. The number of benzene rings is 1. The molecule has 17 heavy (non-hydrogen) atoms. The molecule has 0 aromatic heterocycles. The van der Waals surface area contributed by atoms with Crippen molar-refractivity contribution in [2.24, 2.45) is 0 Å². The van der Waals surface area contributed by atoms with E-state index in [1.54, 1.807) is 0 Å². The average Bonchev–Trinajstić information content (AvgIpc) is 2.33. The van der Waals surface area contributed by atoms with E-state index in [4.69, 9.17) is 9.47 Å². The van der Waals surface area contributed by atoms with Gasteiger partial charge in [-0.3, -0.25) is 0 Å². The molecule has 0 aliphatic heterocycles. The van der Waals surface area contributed by atoms with Gasteiger partial charge in [0.1, 0.15) is 11.5 Å². The molecule has 0 fully saturated rings. The van der Waals surface area contributed by atoms with Gasteiger partial charge in [-0.2, -0.15) is 0 Å². The zero-order valence-corrected chi connectivity index (χ0v) is 11.1. The maximum Gasteiger partial charge on any atom is 0.127 e. The van der Waals surface area contributed by atoms with Crippen LogP contribution in [0.5, 0.6) is 11.5 Å². The highest BCUT2D eigenvalue weighted by Crippen LogP contribution is 2.25. The number of nitrogens with one attached hydrogen (secondary N) is 1. The van der Waals surface area contributed by atoms with Crippen LogP contribution >= 0.6 is 0 Å². The van der Waals surface area contributed by atoms with Gasteiger partial charge in [0.15, 0.2) is 0 Å². The van der Waals surface area contributed by atoms with Crippen LogP contribution in [0.3, 0.4) is 0 Å². The molecule has 0 aliphatic rings. The molecule has 0 aliphatic carbocycles. The Morgan fingerprint density at radius 3 is 2.47 bits per heavy atom. The van der Waals surface area contributed by atoms with Crippen molar-refractivity contribution in [2.75, 3.05) is 19.8 Å². The van der Waals surface area contributed by atoms with E-state index < -0.39 is 0 Å². The number of hydrogen-bond acceptors (Lipinski definition) is 3. The van der Waals surface area contributed by atoms with Crippen LogP contribution in [0.25, 0.3) is 0 Å². The molecule has 3 heteroatoms. The van der Waals surface area contributed by atoms with Gasteiger partial charge in [-0.05, 0) is 32.9 Å². The first-order valence-electron chi connectivity index (χ1n) is 6.41. The summed E-state index contributed by atoms with van der Waals surface area (Å²) in [7, 11) is 0. The standard InChI is InChI=1S/C14H23NO2/c1-4-9-15-11-12-7-8-13(16-5-2)10-14(12)17-6-3/h7-8,10,15H,4-6,9,11H2,1-3H3. The molecule has 1 rings (SSSR count). The molecule has 0 heterocycles. The minimum Gasteiger partial charge on any atom is -0.494 e. The van der Waals surface area contributed by atoms with Gasteiger partial charge in [0.05, 0.1) is 13.2 Å². The number of ether oxygens (including phenoxy) is 2. The van der Waals surface area contributed by atoms with E-state index in [2.05, 4.69) is 18.3 Å². The van der Waals surface area contributed by atoms with Gasteiger partial charge in [-0.1, -0.05) is 13.0 Å². The largest absolute Gasteiger partial charge is 0.494 e. The molecule has 0 unspecified atom stereocenters. The molecule has 96 valence electrons. The monoisotopic (exact) mass is 237 g/mol. The second-order valence-corrected chi connectivity index (χ2v) is 3.81. The molecule has 0 saturated carbocycles. The van der Waals surface area contributed by atoms with Gasteiger partial charge in [-0.15, -0.1) is 0 Å². The predicted octanol–water partition coefficient (Wildman–Crippen LogP) is 2.98. The molecule has 1 N–H and O–H groups in total. The van der Waals surface area contributed by atoms with Crippen molar-refractivity contribution < 1.29 is 9.47 Å². The first-order chi connectivity index (χ1) is 8.31. The zero-order valence-electron chi connectivity index (χ0n) is 11.1. The van der Waals surface area contributed by atoms with Crippen molar-refractivity contribution in [3.8, 4) is 11.5 Å². The van der Waals surface area contributed by atoms with E-state index in [9.17, 15) is 0 Å². The van der Waals surface area contributed by atoms with Crippen LogP contribution in [0, 0.1) is 0 Å². The highest BCUT2D eigenvalue weighted by atomic mass is 16.5. The Bertz CT molecular complexity index is 326. The van der Waals surface area contributed by atoms with Crippen molar-refractivity contribution in [1.82, 2.24) is 5.32 Å². The van der Waals surface area contributed by atoms with Gasteiger partial charge < -0.3 is 14.8 Å². The highest BCUT2D eigenvalue weighted by Gasteiger charge is 2.05. The van der Waals surface area contributed by atoms with Crippen molar-refractivity contribution >= 4 is 0 Å². The number of rotatable bonds is 8. The number of hydrogen-bond donors (Lipinski definition) is 1. The lowest BCUT2D eigenvalue weighted by Gasteiger charge is -2.13. The lowest BCUT2D eigenvalue weighted by atomic mass is 10.2. The molecule has 1 aromatic carbocycles. The first kappa shape index (κ1) is 13.8. The fraction of sp³-hybridized carbons (Fsp3) is 0.571. The molecule has 1 aromatic rings. The third-order valence-electron chi connectivity index (χ3n) is 2.39. The van der Waals surface area contributed by atoms with Gasteiger partial charge in [-0.25, -0.2) is 0 Å². The van der Waals surface area contributed by atoms with Crippen molar-refractivity contribution in [3.63, 3.8) is 0 Å². The fourth-order valence-electron chi connectivity index (χ4n) is 1.63. The summed E-state index contributed by atoms with van der Waals surface area (Å²) in [4.78, 5) is 0. The van der Waals surface area contributed by atoms with Gasteiger partial charge in [0.2, 0.25) is 0 Å². The van der Waals surface area contributed by atoms with Gasteiger partial charge in [0, 0.05) is 18.2 Å². The van der Waals surface area contributed by atoms with Crippen LogP contribution in [0.15, 0.2) is 18.2 Å². The molecule has 0 atom stereocenters. The summed E-state index contributed by atoms with van der Waals surface area (Å²) in [6.07, 6.45) is 1.14. The van der Waals surface area contributed by atoms with Crippen molar-refractivity contribution in [3.05, 3.63) is 23.8 Å². The molecule has 0 bridgehead atoms. The smallest absolute Gasteiger partial charge is 0.127 e. The lowest BCUT2D eigenvalue weighted by molar-refractivity contribution is 0.320. The van der Waals surface area contributed by atoms with E-state index in [0.29, 0.717) is 13.2 Å². The van der Waals surface area contributed by atoms with Gasteiger partial charge >= 0.3 is 0 Å². The quantitative estimate of drug-likeness (QED) is 0.705. The van der Waals surface area contributed by atoms with Crippen LogP contribution in [-0.4, -0.2) is 19.8 Å².